The van der Waals surface area contributed by atoms with Crippen LogP contribution in [0.2, 0.25) is 5.02 Å². The molecule has 1 N–H and O–H groups in total. The van der Waals surface area contributed by atoms with Crippen LogP contribution >= 0.6 is 11.6 Å². The maximum atomic E-state index is 13.7. The Balaban J connectivity index is 1.60. The second kappa shape index (κ2) is 6.85. The summed E-state index contributed by atoms with van der Waals surface area (Å²) in [5, 5.41) is 3.24. The van der Waals surface area contributed by atoms with Crippen molar-refractivity contribution in [1.29, 1.82) is 0 Å². The highest BCUT2D eigenvalue weighted by atomic mass is 35.5. The Morgan fingerprint density at radius 2 is 1.85 bits per heavy atom. The molecule has 0 spiro atoms. The number of halogens is 2. The van der Waals surface area contributed by atoms with Gasteiger partial charge in [-0.1, -0.05) is 35.9 Å². The molecule has 3 aromatic carbocycles. The summed E-state index contributed by atoms with van der Waals surface area (Å²) in [5.74, 6) is -0.490. The van der Waals surface area contributed by atoms with E-state index in [1.807, 2.05) is 18.2 Å². The standard InChI is InChI=1S/C21H14ClFN2O2/c1-12-24-19-11-17(22)16(10-20(19)27-12)13-6-8-14(9-7-13)25-21(26)15-4-2-3-5-18(15)23/h2-11H,1H3,(H,25,26). The van der Waals surface area contributed by atoms with E-state index in [1.165, 1.54) is 18.2 Å². The lowest BCUT2D eigenvalue weighted by Gasteiger charge is -2.08. The van der Waals surface area contributed by atoms with Crippen molar-refractivity contribution < 1.29 is 13.6 Å². The van der Waals surface area contributed by atoms with Crippen LogP contribution in [0.3, 0.4) is 0 Å². The quantitative estimate of drug-likeness (QED) is 0.485. The number of hydrogen-bond donors (Lipinski definition) is 1. The Labute approximate surface area is 159 Å². The maximum absolute atomic E-state index is 13.7. The molecule has 0 fully saturated rings. The van der Waals surface area contributed by atoms with Gasteiger partial charge in [0.05, 0.1) is 10.6 Å². The van der Waals surface area contributed by atoms with E-state index in [-0.39, 0.29) is 5.56 Å². The van der Waals surface area contributed by atoms with E-state index in [2.05, 4.69) is 10.3 Å². The molecule has 4 nitrogen and oxygen atoms in total. The number of amides is 1. The van der Waals surface area contributed by atoms with Crippen molar-refractivity contribution in [1.82, 2.24) is 4.98 Å². The van der Waals surface area contributed by atoms with Gasteiger partial charge in [-0.2, -0.15) is 0 Å². The van der Waals surface area contributed by atoms with Gasteiger partial charge in [0.25, 0.3) is 5.91 Å². The zero-order valence-electron chi connectivity index (χ0n) is 14.3. The van der Waals surface area contributed by atoms with E-state index in [1.54, 1.807) is 31.2 Å². The minimum Gasteiger partial charge on any atom is -0.441 e. The predicted molar refractivity (Wildman–Crippen MR) is 104 cm³/mol. The molecule has 0 aliphatic heterocycles. The topological polar surface area (TPSA) is 55.1 Å². The van der Waals surface area contributed by atoms with Crippen LogP contribution in [0.5, 0.6) is 0 Å². The van der Waals surface area contributed by atoms with E-state index in [4.69, 9.17) is 16.0 Å². The monoisotopic (exact) mass is 380 g/mol. The minimum atomic E-state index is -0.561. The molecule has 0 saturated heterocycles. The Hall–Kier alpha value is -3.18. The summed E-state index contributed by atoms with van der Waals surface area (Å²) < 4.78 is 19.3. The molecule has 0 aliphatic rings. The number of fused-ring (bicyclic) bond motifs is 1. The third-order valence-electron chi connectivity index (χ3n) is 4.16. The summed E-state index contributed by atoms with van der Waals surface area (Å²) in [4.78, 5) is 16.5. The van der Waals surface area contributed by atoms with Crippen LogP contribution in [0.25, 0.3) is 22.2 Å². The van der Waals surface area contributed by atoms with Gasteiger partial charge in [-0.05, 0) is 42.0 Å². The molecule has 1 amide bonds. The van der Waals surface area contributed by atoms with E-state index in [9.17, 15) is 9.18 Å². The molecule has 1 heterocycles. The SMILES string of the molecule is Cc1nc2cc(Cl)c(-c3ccc(NC(=O)c4ccccc4F)cc3)cc2o1. The first-order valence-corrected chi connectivity index (χ1v) is 8.62. The van der Waals surface area contributed by atoms with Crippen LogP contribution in [0.1, 0.15) is 16.2 Å². The van der Waals surface area contributed by atoms with Crippen LogP contribution in [0.4, 0.5) is 10.1 Å². The molecule has 4 rings (SSSR count). The van der Waals surface area contributed by atoms with E-state index in [0.717, 1.165) is 11.1 Å². The van der Waals surface area contributed by atoms with Gasteiger partial charge in [0.15, 0.2) is 11.5 Å². The Kier molecular flexibility index (Phi) is 4.38. The van der Waals surface area contributed by atoms with Crippen LogP contribution in [-0.2, 0) is 0 Å². The number of anilines is 1. The van der Waals surface area contributed by atoms with Gasteiger partial charge < -0.3 is 9.73 Å². The zero-order chi connectivity index (χ0) is 19.0. The summed E-state index contributed by atoms with van der Waals surface area (Å²) in [6.07, 6.45) is 0. The highest BCUT2D eigenvalue weighted by Gasteiger charge is 2.12. The lowest BCUT2D eigenvalue weighted by molar-refractivity contribution is 0.102. The van der Waals surface area contributed by atoms with Crippen molar-refractivity contribution in [3.8, 4) is 11.1 Å². The summed E-state index contributed by atoms with van der Waals surface area (Å²) in [7, 11) is 0. The van der Waals surface area contributed by atoms with Crippen LogP contribution in [0, 0.1) is 12.7 Å². The van der Waals surface area contributed by atoms with Crippen molar-refractivity contribution in [3.63, 3.8) is 0 Å². The summed E-state index contributed by atoms with van der Waals surface area (Å²) >= 11 is 6.38. The summed E-state index contributed by atoms with van der Waals surface area (Å²) in [5.41, 5.74) is 3.57. The lowest BCUT2D eigenvalue weighted by Crippen LogP contribution is -2.13. The Bertz CT molecular complexity index is 1150. The molecule has 6 heteroatoms. The first kappa shape index (κ1) is 17.2. The van der Waals surface area contributed by atoms with Crippen LogP contribution in [0.15, 0.2) is 65.1 Å². The van der Waals surface area contributed by atoms with Gasteiger partial charge in [-0.15, -0.1) is 0 Å². The van der Waals surface area contributed by atoms with E-state index < -0.39 is 11.7 Å². The first-order chi connectivity index (χ1) is 13.0. The summed E-state index contributed by atoms with van der Waals surface area (Å²) in [6.45, 7) is 1.78. The minimum absolute atomic E-state index is 0.00392. The molecule has 0 radical (unpaired) electrons. The highest BCUT2D eigenvalue weighted by Crippen LogP contribution is 2.33. The van der Waals surface area contributed by atoms with Crippen LogP contribution in [-0.4, -0.2) is 10.9 Å². The highest BCUT2D eigenvalue weighted by molar-refractivity contribution is 6.34. The van der Waals surface area contributed by atoms with E-state index >= 15 is 0 Å². The number of aryl methyl sites for hydroxylation is 1. The van der Waals surface area contributed by atoms with Crippen molar-refractivity contribution >= 4 is 34.3 Å². The fraction of sp³-hybridized carbons (Fsp3) is 0.0476. The van der Waals surface area contributed by atoms with Crippen molar-refractivity contribution in [2.24, 2.45) is 0 Å². The fourth-order valence-corrected chi connectivity index (χ4v) is 3.13. The molecular weight excluding hydrogens is 367 g/mol. The third kappa shape index (κ3) is 3.41. The molecule has 134 valence electrons. The molecule has 0 saturated carbocycles. The van der Waals surface area contributed by atoms with Gasteiger partial charge in [0.1, 0.15) is 11.3 Å². The van der Waals surface area contributed by atoms with E-state index in [0.29, 0.717) is 27.7 Å². The number of carbonyl (C=O) groups excluding carboxylic acids is 1. The number of carbonyl (C=O) groups is 1. The predicted octanol–water partition coefficient (Wildman–Crippen LogP) is 5.85. The average Bonchev–Trinajstić information content (AvgIpc) is 3.01. The van der Waals surface area contributed by atoms with Crippen molar-refractivity contribution in [2.45, 2.75) is 6.92 Å². The number of nitrogens with zero attached hydrogens (tertiary/aromatic N) is 1. The zero-order valence-corrected chi connectivity index (χ0v) is 15.0. The number of oxazole rings is 1. The molecule has 0 bridgehead atoms. The lowest BCUT2D eigenvalue weighted by atomic mass is 10.0. The Morgan fingerprint density at radius 1 is 1.11 bits per heavy atom. The number of rotatable bonds is 3. The molecule has 0 unspecified atom stereocenters. The van der Waals surface area contributed by atoms with Gasteiger partial charge in [0, 0.05) is 18.2 Å². The number of hydrogen-bond acceptors (Lipinski definition) is 3. The van der Waals surface area contributed by atoms with Crippen molar-refractivity contribution in [2.75, 3.05) is 5.32 Å². The number of nitrogens with one attached hydrogen (secondary N) is 1. The van der Waals surface area contributed by atoms with Gasteiger partial charge in [-0.25, -0.2) is 9.37 Å². The van der Waals surface area contributed by atoms with Crippen molar-refractivity contribution in [3.05, 3.63) is 83.0 Å². The molecular formula is C21H14ClFN2O2. The number of aromatic nitrogens is 1. The maximum Gasteiger partial charge on any atom is 0.258 e. The summed E-state index contributed by atoms with van der Waals surface area (Å²) in [6, 6.07) is 16.6. The second-order valence-corrected chi connectivity index (χ2v) is 6.45. The largest absolute Gasteiger partial charge is 0.441 e. The fourth-order valence-electron chi connectivity index (χ4n) is 2.86. The van der Waals surface area contributed by atoms with Gasteiger partial charge in [-0.3, -0.25) is 4.79 Å². The Morgan fingerprint density at radius 3 is 2.59 bits per heavy atom. The smallest absolute Gasteiger partial charge is 0.258 e. The molecule has 0 atom stereocenters. The van der Waals surface area contributed by atoms with Gasteiger partial charge in [0.2, 0.25) is 0 Å². The molecule has 4 aromatic rings. The normalized spacial score (nSPS) is 10.9. The second-order valence-electron chi connectivity index (χ2n) is 6.04. The number of benzene rings is 3. The van der Waals surface area contributed by atoms with Gasteiger partial charge >= 0.3 is 0 Å². The molecule has 0 aliphatic carbocycles. The van der Waals surface area contributed by atoms with Crippen LogP contribution < -0.4 is 5.32 Å². The average molecular weight is 381 g/mol. The molecule has 27 heavy (non-hydrogen) atoms. The molecule has 1 aromatic heterocycles. The third-order valence-corrected chi connectivity index (χ3v) is 4.47. The first-order valence-electron chi connectivity index (χ1n) is 8.24.